The van der Waals surface area contributed by atoms with Crippen molar-refractivity contribution in [3.8, 4) is 6.07 Å². The van der Waals surface area contributed by atoms with Crippen LogP contribution in [0, 0.1) is 17.1 Å². The topological polar surface area (TPSA) is 39.9 Å². The van der Waals surface area contributed by atoms with Crippen molar-refractivity contribution in [2.45, 2.75) is 50.5 Å². The third kappa shape index (κ3) is 2.88. The highest BCUT2D eigenvalue weighted by atomic mass is 35.5. The highest BCUT2D eigenvalue weighted by Gasteiger charge is 2.47. The van der Waals surface area contributed by atoms with Crippen molar-refractivity contribution in [2.75, 3.05) is 4.90 Å². The molecule has 2 aliphatic rings. The van der Waals surface area contributed by atoms with Crippen molar-refractivity contribution < 1.29 is 4.39 Å². The number of nitrogens with zero attached hydrogens (tertiary/aromatic N) is 3. The third-order valence-corrected chi connectivity index (χ3v) is 6.90. The maximum Gasteiger partial charge on any atom is 0.155 e. The van der Waals surface area contributed by atoms with Gasteiger partial charge in [0.05, 0.1) is 5.02 Å². The van der Waals surface area contributed by atoms with Gasteiger partial charge in [-0.15, -0.1) is 0 Å². The second kappa shape index (κ2) is 6.81. The lowest BCUT2D eigenvalue weighted by atomic mass is 9.76. The number of halogens is 4. The Morgan fingerprint density at radius 3 is 2.59 bits per heavy atom. The van der Waals surface area contributed by atoms with Crippen LogP contribution in [0.25, 0.3) is 0 Å². The summed E-state index contributed by atoms with van der Waals surface area (Å²) in [4.78, 5) is 6.55. The zero-order valence-electron chi connectivity index (χ0n) is 14.7. The molecule has 1 aliphatic carbocycles. The van der Waals surface area contributed by atoms with Crippen LogP contribution >= 0.6 is 34.8 Å². The van der Waals surface area contributed by atoms with Crippen LogP contribution in [0.15, 0.2) is 18.2 Å². The number of hydrogen-bond acceptors (Lipinski definition) is 3. The van der Waals surface area contributed by atoms with Gasteiger partial charge in [0.2, 0.25) is 0 Å². The Kier molecular flexibility index (Phi) is 4.74. The van der Waals surface area contributed by atoms with E-state index < -0.39 is 0 Å². The van der Waals surface area contributed by atoms with Gasteiger partial charge in [0.15, 0.2) is 11.0 Å². The largest absolute Gasteiger partial charge is 0.319 e. The first-order valence-corrected chi connectivity index (χ1v) is 10.1. The smallest absolute Gasteiger partial charge is 0.155 e. The van der Waals surface area contributed by atoms with E-state index in [1.165, 1.54) is 6.07 Å². The van der Waals surface area contributed by atoms with Gasteiger partial charge in [-0.2, -0.15) is 5.26 Å². The normalized spacial score (nSPS) is 20.6. The van der Waals surface area contributed by atoms with Crippen molar-refractivity contribution >= 4 is 46.3 Å². The fourth-order valence-electron chi connectivity index (χ4n) is 4.69. The number of hydrogen-bond donors (Lipinski definition) is 0. The van der Waals surface area contributed by atoms with Gasteiger partial charge < -0.3 is 4.90 Å². The number of pyridine rings is 1. The van der Waals surface area contributed by atoms with Crippen molar-refractivity contribution in [2.24, 2.45) is 0 Å². The number of benzene rings is 1. The molecule has 0 saturated heterocycles. The first-order chi connectivity index (χ1) is 12.9. The van der Waals surface area contributed by atoms with Gasteiger partial charge in [-0.3, -0.25) is 0 Å². The Bertz CT molecular complexity index is 964. The molecule has 1 unspecified atom stereocenters. The first-order valence-electron chi connectivity index (χ1n) is 8.92. The number of nitriles is 1. The fraction of sp³-hybridized carbons (Fsp3) is 0.400. The summed E-state index contributed by atoms with van der Waals surface area (Å²) < 4.78 is 13.9. The predicted molar refractivity (Wildman–Crippen MR) is 107 cm³/mol. The molecule has 1 fully saturated rings. The quantitative estimate of drug-likeness (QED) is 0.462. The second-order valence-corrected chi connectivity index (χ2v) is 8.53. The van der Waals surface area contributed by atoms with E-state index in [9.17, 15) is 9.65 Å². The Morgan fingerprint density at radius 2 is 1.93 bits per heavy atom. The Morgan fingerprint density at radius 1 is 1.22 bits per heavy atom. The van der Waals surface area contributed by atoms with Crippen molar-refractivity contribution in [1.29, 1.82) is 5.26 Å². The van der Waals surface area contributed by atoms with E-state index in [1.54, 1.807) is 12.1 Å². The van der Waals surface area contributed by atoms with Gasteiger partial charge in [0.1, 0.15) is 22.5 Å². The maximum atomic E-state index is 13.9. The molecule has 140 valence electrons. The van der Waals surface area contributed by atoms with E-state index in [0.717, 1.165) is 43.4 Å². The van der Waals surface area contributed by atoms with Crippen LogP contribution < -0.4 is 4.90 Å². The molecule has 0 radical (unpaired) electrons. The van der Waals surface area contributed by atoms with Gasteiger partial charge in [0, 0.05) is 11.2 Å². The molecule has 1 spiro atoms. The lowest BCUT2D eigenvalue weighted by molar-refractivity contribution is 0.351. The molecule has 0 N–H and O–H groups in total. The average molecular weight is 425 g/mol. The molecule has 1 aromatic carbocycles. The summed E-state index contributed by atoms with van der Waals surface area (Å²) >= 11 is 19.1. The average Bonchev–Trinajstić information content (AvgIpc) is 3.08. The minimum atomic E-state index is -0.266. The minimum Gasteiger partial charge on any atom is -0.319 e. The van der Waals surface area contributed by atoms with Gasteiger partial charge in [0.25, 0.3) is 0 Å². The molecule has 3 nitrogen and oxygen atoms in total. The molecule has 0 bridgehead atoms. The lowest BCUT2D eigenvalue weighted by Crippen LogP contribution is -2.48. The van der Waals surface area contributed by atoms with Crippen molar-refractivity contribution in [3.05, 3.63) is 50.3 Å². The van der Waals surface area contributed by atoms with Crippen molar-refractivity contribution in [1.82, 2.24) is 4.98 Å². The molecule has 7 heteroatoms. The van der Waals surface area contributed by atoms with E-state index in [4.69, 9.17) is 34.8 Å². The van der Waals surface area contributed by atoms with Crippen LogP contribution in [0.3, 0.4) is 0 Å². The number of aromatic nitrogens is 1. The molecular formula is C20H17Cl3FN3. The molecule has 1 aliphatic heterocycles. The maximum absolute atomic E-state index is 13.9. The SMILES string of the molecule is CC1CC2(CCCC2)N(c2nc(Cl)c(C#N)c(Cl)c2Cl)c2ccc(F)cc21. The summed E-state index contributed by atoms with van der Waals surface area (Å²) in [6.45, 7) is 2.13. The molecule has 27 heavy (non-hydrogen) atoms. The van der Waals surface area contributed by atoms with Gasteiger partial charge >= 0.3 is 0 Å². The van der Waals surface area contributed by atoms with E-state index in [1.807, 2.05) is 6.07 Å². The number of rotatable bonds is 1. The van der Waals surface area contributed by atoms with Crippen LogP contribution in [-0.4, -0.2) is 10.5 Å². The minimum absolute atomic E-state index is 0.0253. The number of fused-ring (bicyclic) bond motifs is 1. The summed E-state index contributed by atoms with van der Waals surface area (Å²) in [5.74, 6) is 0.387. The highest BCUT2D eigenvalue weighted by molar-refractivity contribution is 6.45. The third-order valence-electron chi connectivity index (χ3n) is 5.80. The number of anilines is 2. The van der Waals surface area contributed by atoms with Crippen molar-refractivity contribution in [3.63, 3.8) is 0 Å². The summed E-state index contributed by atoms with van der Waals surface area (Å²) in [6.07, 6.45) is 5.06. The standard InChI is InChI=1S/C20H17Cl3FN3/c1-11-9-20(6-2-3-7-20)27(15-5-4-12(24)8-13(11)15)19-17(22)16(21)14(10-25)18(23)26-19/h4-5,8,11H,2-3,6-7,9H2,1H3. The zero-order valence-corrected chi connectivity index (χ0v) is 17.0. The van der Waals surface area contributed by atoms with Crippen LogP contribution in [0.1, 0.15) is 56.1 Å². The Hall–Kier alpha value is -1.54. The molecule has 2 heterocycles. The molecule has 0 amide bonds. The molecule has 2 aromatic rings. The van der Waals surface area contributed by atoms with Crippen LogP contribution in [0.5, 0.6) is 0 Å². The second-order valence-electron chi connectivity index (χ2n) is 7.42. The molecule has 4 rings (SSSR count). The van der Waals surface area contributed by atoms with Gasteiger partial charge in [-0.05, 0) is 48.9 Å². The van der Waals surface area contributed by atoms with Crippen LogP contribution in [-0.2, 0) is 0 Å². The summed E-state index contributed by atoms with van der Waals surface area (Å²) in [5, 5.41) is 9.61. The van der Waals surface area contributed by atoms with Crippen LogP contribution in [0.2, 0.25) is 15.2 Å². The monoisotopic (exact) mass is 423 g/mol. The molecular weight excluding hydrogens is 408 g/mol. The predicted octanol–water partition coefficient (Wildman–Crippen LogP) is 7.01. The Balaban J connectivity index is 2.00. The first kappa shape index (κ1) is 18.8. The van der Waals surface area contributed by atoms with Crippen LogP contribution in [0.4, 0.5) is 15.9 Å². The summed E-state index contributed by atoms with van der Waals surface area (Å²) in [6, 6.07) is 6.76. The van der Waals surface area contributed by atoms with E-state index >= 15 is 0 Å². The summed E-state index contributed by atoms with van der Waals surface area (Å²) in [7, 11) is 0. The Labute approximate surface area is 172 Å². The molecule has 1 saturated carbocycles. The molecule has 1 atom stereocenters. The zero-order chi connectivity index (χ0) is 19.3. The highest BCUT2D eigenvalue weighted by Crippen LogP contribution is 2.55. The van der Waals surface area contributed by atoms with Gasteiger partial charge in [-0.1, -0.05) is 54.6 Å². The molecule has 1 aromatic heterocycles. The van der Waals surface area contributed by atoms with E-state index in [-0.39, 0.29) is 38.0 Å². The summed E-state index contributed by atoms with van der Waals surface area (Å²) in [5.41, 5.74) is 1.70. The van der Waals surface area contributed by atoms with E-state index in [0.29, 0.717) is 5.82 Å². The van der Waals surface area contributed by atoms with E-state index in [2.05, 4.69) is 16.8 Å². The fourth-order valence-corrected chi connectivity index (χ4v) is 5.39. The lowest BCUT2D eigenvalue weighted by Gasteiger charge is -2.49. The van der Waals surface area contributed by atoms with Gasteiger partial charge in [-0.25, -0.2) is 9.37 Å².